The van der Waals surface area contributed by atoms with Crippen LogP contribution in [0.1, 0.15) is 40.0 Å². The van der Waals surface area contributed by atoms with Gasteiger partial charge < -0.3 is 14.4 Å². The van der Waals surface area contributed by atoms with Gasteiger partial charge in [-0.05, 0) is 64.3 Å². The van der Waals surface area contributed by atoms with Crippen LogP contribution in [0.5, 0.6) is 5.75 Å². The Labute approximate surface area is 147 Å². The first-order valence-corrected chi connectivity index (χ1v) is 8.58. The van der Waals surface area contributed by atoms with Crippen LogP contribution >= 0.6 is 11.6 Å². The number of carbonyl (C=O) groups is 2. The van der Waals surface area contributed by atoms with Gasteiger partial charge in [-0.15, -0.1) is 0 Å². The number of piperidine rings is 1. The van der Waals surface area contributed by atoms with Gasteiger partial charge in [-0.2, -0.15) is 0 Å². The second-order valence-corrected chi connectivity index (χ2v) is 7.01. The second kappa shape index (κ2) is 7.88. The number of ether oxygens (including phenoxy) is 2. The van der Waals surface area contributed by atoms with E-state index in [2.05, 4.69) is 0 Å². The average molecular weight is 354 g/mol. The molecule has 24 heavy (non-hydrogen) atoms. The lowest BCUT2D eigenvalue weighted by molar-refractivity contribution is -0.164. The zero-order valence-electron chi connectivity index (χ0n) is 14.4. The Morgan fingerprint density at radius 2 is 1.92 bits per heavy atom. The van der Waals surface area contributed by atoms with Crippen LogP contribution in [0.3, 0.4) is 0 Å². The Morgan fingerprint density at radius 3 is 2.54 bits per heavy atom. The van der Waals surface area contributed by atoms with Gasteiger partial charge in [0.2, 0.25) is 0 Å². The molecule has 0 bridgehead atoms. The topological polar surface area (TPSA) is 55.8 Å². The van der Waals surface area contributed by atoms with E-state index >= 15 is 0 Å². The fraction of sp³-hybridized carbons (Fsp3) is 0.556. The van der Waals surface area contributed by atoms with Gasteiger partial charge in [0.15, 0.2) is 12.2 Å². The number of benzene rings is 1. The maximum absolute atomic E-state index is 12.3. The lowest BCUT2D eigenvalue weighted by atomic mass is 10.0. The zero-order valence-corrected chi connectivity index (χ0v) is 15.1. The molecule has 1 unspecified atom stereocenters. The van der Waals surface area contributed by atoms with Crippen molar-refractivity contribution >= 4 is 23.5 Å². The first-order valence-electron chi connectivity index (χ1n) is 8.21. The molecule has 1 aromatic carbocycles. The van der Waals surface area contributed by atoms with E-state index in [-0.39, 0.29) is 18.6 Å². The molecular weight excluding hydrogens is 330 g/mol. The van der Waals surface area contributed by atoms with Crippen LogP contribution in [-0.2, 0) is 14.3 Å². The third-order valence-corrected chi connectivity index (χ3v) is 4.38. The van der Waals surface area contributed by atoms with Crippen LogP contribution in [0, 0.1) is 0 Å². The number of amides is 1. The molecule has 0 radical (unpaired) electrons. The minimum atomic E-state index is -1.19. The number of hydrogen-bond donors (Lipinski definition) is 0. The van der Waals surface area contributed by atoms with E-state index in [1.54, 1.807) is 43.0 Å². The Bertz CT molecular complexity index is 585. The Balaban J connectivity index is 1.88. The molecule has 1 aliphatic rings. The second-order valence-electron chi connectivity index (χ2n) is 6.57. The van der Waals surface area contributed by atoms with Crippen molar-refractivity contribution < 1.29 is 19.1 Å². The standard InChI is InChI=1S/C18H24ClNO4/c1-13-6-4-5-11-20(13)16(21)12-23-17(22)18(2,3)24-15-9-7-14(19)8-10-15/h7-10,13H,4-6,11-12H2,1-3H3. The van der Waals surface area contributed by atoms with Crippen LogP contribution in [0.4, 0.5) is 0 Å². The van der Waals surface area contributed by atoms with Crippen molar-refractivity contribution in [1.29, 1.82) is 0 Å². The highest BCUT2D eigenvalue weighted by Gasteiger charge is 2.33. The van der Waals surface area contributed by atoms with E-state index in [0.717, 1.165) is 25.8 Å². The summed E-state index contributed by atoms with van der Waals surface area (Å²) in [5, 5.41) is 0.587. The maximum atomic E-state index is 12.3. The van der Waals surface area contributed by atoms with Gasteiger partial charge in [-0.25, -0.2) is 4.79 Å². The monoisotopic (exact) mass is 353 g/mol. The van der Waals surface area contributed by atoms with E-state index in [9.17, 15) is 9.59 Å². The molecule has 1 saturated heterocycles. The number of rotatable bonds is 5. The normalized spacial score (nSPS) is 18.2. The number of likely N-dealkylation sites (tertiary alicyclic amines) is 1. The van der Waals surface area contributed by atoms with Gasteiger partial charge in [0.25, 0.3) is 5.91 Å². The third-order valence-electron chi connectivity index (χ3n) is 4.13. The molecule has 1 heterocycles. The van der Waals surface area contributed by atoms with Gasteiger partial charge in [0.05, 0.1) is 0 Å². The molecule has 1 atom stereocenters. The fourth-order valence-electron chi connectivity index (χ4n) is 2.69. The van der Waals surface area contributed by atoms with E-state index in [4.69, 9.17) is 21.1 Å². The van der Waals surface area contributed by atoms with Crippen LogP contribution in [0.15, 0.2) is 24.3 Å². The van der Waals surface area contributed by atoms with E-state index < -0.39 is 11.6 Å². The number of hydrogen-bond acceptors (Lipinski definition) is 4. The molecule has 0 aromatic heterocycles. The minimum absolute atomic E-state index is 0.155. The molecule has 132 valence electrons. The summed E-state index contributed by atoms with van der Waals surface area (Å²) in [4.78, 5) is 26.3. The third kappa shape index (κ3) is 4.87. The summed E-state index contributed by atoms with van der Waals surface area (Å²) in [6.07, 6.45) is 3.12. The maximum Gasteiger partial charge on any atom is 0.350 e. The highest BCUT2D eigenvalue weighted by atomic mass is 35.5. The van der Waals surface area contributed by atoms with Crippen molar-refractivity contribution in [3.63, 3.8) is 0 Å². The summed E-state index contributed by atoms with van der Waals surface area (Å²) in [6, 6.07) is 6.91. The Kier molecular flexibility index (Phi) is 6.10. The lowest BCUT2D eigenvalue weighted by Gasteiger charge is -2.33. The molecule has 1 amide bonds. The molecule has 2 rings (SSSR count). The van der Waals surface area contributed by atoms with E-state index in [1.165, 1.54) is 0 Å². The lowest BCUT2D eigenvalue weighted by Crippen LogP contribution is -2.46. The first kappa shape index (κ1) is 18.6. The number of esters is 1. The minimum Gasteiger partial charge on any atom is -0.476 e. The highest BCUT2D eigenvalue weighted by molar-refractivity contribution is 6.30. The summed E-state index contributed by atoms with van der Waals surface area (Å²) >= 11 is 5.83. The fourth-order valence-corrected chi connectivity index (χ4v) is 2.82. The Morgan fingerprint density at radius 1 is 1.25 bits per heavy atom. The van der Waals surface area contributed by atoms with Crippen LogP contribution in [-0.4, -0.2) is 41.6 Å². The summed E-state index contributed by atoms with van der Waals surface area (Å²) in [7, 11) is 0. The summed E-state index contributed by atoms with van der Waals surface area (Å²) in [5.41, 5.74) is -1.19. The predicted molar refractivity (Wildman–Crippen MR) is 92.1 cm³/mol. The van der Waals surface area contributed by atoms with Crippen molar-refractivity contribution in [1.82, 2.24) is 4.90 Å². The predicted octanol–water partition coefficient (Wildman–Crippen LogP) is 3.44. The van der Waals surface area contributed by atoms with Crippen molar-refractivity contribution in [2.45, 2.75) is 51.7 Å². The number of carbonyl (C=O) groups excluding carboxylic acids is 2. The van der Waals surface area contributed by atoms with Crippen molar-refractivity contribution in [2.24, 2.45) is 0 Å². The van der Waals surface area contributed by atoms with Gasteiger partial charge in [-0.1, -0.05) is 11.6 Å². The molecule has 5 nitrogen and oxygen atoms in total. The summed E-state index contributed by atoms with van der Waals surface area (Å²) < 4.78 is 10.8. The quantitative estimate of drug-likeness (QED) is 0.761. The van der Waals surface area contributed by atoms with Gasteiger partial charge in [0.1, 0.15) is 5.75 Å². The van der Waals surface area contributed by atoms with Crippen LogP contribution in [0.25, 0.3) is 0 Å². The molecule has 6 heteroatoms. The largest absolute Gasteiger partial charge is 0.476 e. The average Bonchev–Trinajstić information content (AvgIpc) is 2.54. The van der Waals surface area contributed by atoms with Crippen molar-refractivity contribution in [3.05, 3.63) is 29.3 Å². The first-order chi connectivity index (χ1) is 11.3. The van der Waals surface area contributed by atoms with Crippen molar-refractivity contribution in [3.8, 4) is 5.75 Å². The van der Waals surface area contributed by atoms with Gasteiger partial charge in [-0.3, -0.25) is 4.79 Å². The van der Waals surface area contributed by atoms with Crippen molar-refractivity contribution in [2.75, 3.05) is 13.2 Å². The molecule has 0 N–H and O–H groups in total. The van der Waals surface area contributed by atoms with Gasteiger partial charge in [0, 0.05) is 17.6 Å². The number of halogens is 1. The van der Waals surface area contributed by atoms with E-state index in [0.29, 0.717) is 10.8 Å². The SMILES string of the molecule is CC1CCCCN1C(=O)COC(=O)C(C)(C)Oc1ccc(Cl)cc1. The molecule has 0 aliphatic carbocycles. The highest BCUT2D eigenvalue weighted by Crippen LogP contribution is 2.22. The van der Waals surface area contributed by atoms with Crippen LogP contribution in [0.2, 0.25) is 5.02 Å². The van der Waals surface area contributed by atoms with Gasteiger partial charge >= 0.3 is 5.97 Å². The molecule has 1 fully saturated rings. The molecule has 1 aromatic rings. The smallest absolute Gasteiger partial charge is 0.350 e. The van der Waals surface area contributed by atoms with E-state index in [1.807, 2.05) is 6.92 Å². The molecule has 0 saturated carbocycles. The Hall–Kier alpha value is -1.75. The molecule has 1 aliphatic heterocycles. The summed E-state index contributed by atoms with van der Waals surface area (Å²) in [6.45, 7) is 5.71. The molecular formula is C18H24ClNO4. The van der Waals surface area contributed by atoms with Crippen LogP contribution < -0.4 is 4.74 Å². The number of nitrogens with zero attached hydrogens (tertiary/aromatic N) is 1. The zero-order chi connectivity index (χ0) is 17.7. The summed E-state index contributed by atoms with van der Waals surface area (Å²) in [5.74, 6) is -0.217. The molecule has 0 spiro atoms.